The van der Waals surface area contributed by atoms with Gasteiger partial charge in [0.15, 0.2) is 6.61 Å². The van der Waals surface area contributed by atoms with Crippen molar-refractivity contribution in [2.45, 2.75) is 18.9 Å². The number of ether oxygens (including phenoxy) is 1. The van der Waals surface area contributed by atoms with E-state index in [9.17, 15) is 9.59 Å². The Labute approximate surface area is 156 Å². The van der Waals surface area contributed by atoms with Gasteiger partial charge < -0.3 is 15.0 Å². The summed E-state index contributed by atoms with van der Waals surface area (Å²) in [6.07, 6.45) is 1.89. The Morgan fingerprint density at radius 1 is 1.42 bits per heavy atom. The zero-order valence-corrected chi connectivity index (χ0v) is 15.9. The normalized spacial score (nSPS) is 17.6. The molecule has 0 unspecified atom stereocenters. The van der Waals surface area contributed by atoms with Gasteiger partial charge in [-0.3, -0.25) is 14.5 Å². The Balaban J connectivity index is 0.00000208. The monoisotopic (exact) mass is 417 g/mol. The summed E-state index contributed by atoms with van der Waals surface area (Å²) in [5, 5.41) is 3.29. The summed E-state index contributed by atoms with van der Waals surface area (Å²) < 4.78 is 6.33. The molecule has 1 aromatic carbocycles. The maximum atomic E-state index is 12.6. The van der Waals surface area contributed by atoms with E-state index in [2.05, 4.69) is 21.2 Å². The lowest BCUT2D eigenvalue weighted by atomic mass is 10.1. The van der Waals surface area contributed by atoms with Crippen LogP contribution in [-0.2, 0) is 9.59 Å². The average Bonchev–Trinajstić information content (AvgIpc) is 2.57. The number of hydrogen-bond donors (Lipinski definition) is 1. The van der Waals surface area contributed by atoms with Gasteiger partial charge in [0.2, 0.25) is 5.91 Å². The highest BCUT2D eigenvalue weighted by atomic mass is 79.9. The minimum absolute atomic E-state index is 0. The fourth-order valence-electron chi connectivity index (χ4n) is 3.00. The number of carbonyl (C=O) groups excluding carboxylic acids is 2. The standard InChI is InChI=1S/C16H20BrN3O3.ClH/c1-19(12-4-6-18-7-5-12)15(21)9-20-13-3-2-11(17)8-14(13)23-10-16(20)22;/h2-3,8,12,18H,4-7,9-10H2,1H3;1H. The Morgan fingerprint density at radius 3 is 2.83 bits per heavy atom. The van der Waals surface area contributed by atoms with Gasteiger partial charge in [0, 0.05) is 17.6 Å². The first-order valence-electron chi connectivity index (χ1n) is 7.75. The lowest BCUT2D eigenvalue weighted by Gasteiger charge is -2.34. The van der Waals surface area contributed by atoms with Gasteiger partial charge in [-0.2, -0.15) is 0 Å². The van der Waals surface area contributed by atoms with Crippen LogP contribution in [0, 0.1) is 0 Å². The third kappa shape index (κ3) is 4.02. The topological polar surface area (TPSA) is 61.9 Å². The Hall–Kier alpha value is -1.31. The van der Waals surface area contributed by atoms with Crippen molar-refractivity contribution in [2.24, 2.45) is 0 Å². The molecule has 0 radical (unpaired) electrons. The summed E-state index contributed by atoms with van der Waals surface area (Å²) in [5.74, 6) is 0.393. The fraction of sp³-hybridized carbons (Fsp3) is 0.500. The van der Waals surface area contributed by atoms with Gasteiger partial charge in [-0.1, -0.05) is 15.9 Å². The molecule has 1 N–H and O–H groups in total. The molecule has 132 valence electrons. The maximum Gasteiger partial charge on any atom is 0.265 e. The zero-order chi connectivity index (χ0) is 16.4. The number of anilines is 1. The van der Waals surface area contributed by atoms with Crippen LogP contribution in [0.5, 0.6) is 5.75 Å². The largest absolute Gasteiger partial charge is 0.482 e. The predicted molar refractivity (Wildman–Crippen MR) is 97.9 cm³/mol. The second-order valence-electron chi connectivity index (χ2n) is 5.87. The fourth-order valence-corrected chi connectivity index (χ4v) is 3.34. The molecule has 2 heterocycles. The number of piperidine rings is 1. The van der Waals surface area contributed by atoms with Crippen molar-refractivity contribution in [3.05, 3.63) is 22.7 Å². The first-order valence-corrected chi connectivity index (χ1v) is 8.54. The van der Waals surface area contributed by atoms with E-state index in [1.807, 2.05) is 19.2 Å². The minimum Gasteiger partial charge on any atom is -0.482 e. The quantitative estimate of drug-likeness (QED) is 0.813. The highest BCUT2D eigenvalue weighted by molar-refractivity contribution is 9.10. The molecule has 1 aromatic rings. The van der Waals surface area contributed by atoms with E-state index in [-0.39, 0.29) is 43.4 Å². The molecule has 3 rings (SSSR count). The van der Waals surface area contributed by atoms with E-state index in [0.29, 0.717) is 11.4 Å². The molecule has 1 fully saturated rings. The van der Waals surface area contributed by atoms with Crippen molar-refractivity contribution >= 4 is 45.8 Å². The summed E-state index contributed by atoms with van der Waals surface area (Å²) in [6, 6.07) is 5.70. The van der Waals surface area contributed by atoms with Gasteiger partial charge in [-0.05, 0) is 44.1 Å². The second-order valence-corrected chi connectivity index (χ2v) is 6.78. The van der Waals surface area contributed by atoms with E-state index in [1.54, 1.807) is 11.0 Å². The number of amides is 2. The maximum absolute atomic E-state index is 12.6. The number of hydrogen-bond acceptors (Lipinski definition) is 4. The summed E-state index contributed by atoms with van der Waals surface area (Å²) >= 11 is 3.39. The Morgan fingerprint density at radius 2 is 2.12 bits per heavy atom. The van der Waals surface area contributed by atoms with Crippen molar-refractivity contribution < 1.29 is 14.3 Å². The zero-order valence-electron chi connectivity index (χ0n) is 13.5. The Bertz CT molecular complexity index is 623. The van der Waals surface area contributed by atoms with E-state index < -0.39 is 0 Å². The van der Waals surface area contributed by atoms with Crippen LogP contribution in [0.25, 0.3) is 0 Å². The second kappa shape index (κ2) is 8.18. The van der Waals surface area contributed by atoms with Gasteiger partial charge in [-0.25, -0.2) is 0 Å². The Kier molecular flexibility index (Phi) is 6.48. The number of nitrogens with zero attached hydrogens (tertiary/aromatic N) is 2. The number of carbonyl (C=O) groups is 2. The first-order chi connectivity index (χ1) is 11.1. The molecular formula is C16H21BrClN3O3. The van der Waals surface area contributed by atoms with Crippen LogP contribution in [0.15, 0.2) is 22.7 Å². The molecule has 0 saturated carbocycles. The molecule has 8 heteroatoms. The van der Waals surface area contributed by atoms with Gasteiger partial charge in [0.05, 0.1) is 5.69 Å². The summed E-state index contributed by atoms with van der Waals surface area (Å²) in [4.78, 5) is 28.1. The number of likely N-dealkylation sites (N-methyl/N-ethyl adjacent to an activating group) is 1. The molecule has 0 aliphatic carbocycles. The van der Waals surface area contributed by atoms with Crippen molar-refractivity contribution in [1.82, 2.24) is 10.2 Å². The number of nitrogens with one attached hydrogen (secondary N) is 1. The van der Waals surface area contributed by atoms with Gasteiger partial charge in [-0.15, -0.1) is 12.4 Å². The summed E-state index contributed by atoms with van der Waals surface area (Å²) in [5.41, 5.74) is 0.650. The van der Waals surface area contributed by atoms with Gasteiger partial charge >= 0.3 is 0 Å². The molecule has 0 bridgehead atoms. The highest BCUT2D eigenvalue weighted by Crippen LogP contribution is 2.34. The van der Waals surface area contributed by atoms with Gasteiger partial charge in [0.1, 0.15) is 12.3 Å². The van der Waals surface area contributed by atoms with Crippen LogP contribution in [0.2, 0.25) is 0 Å². The van der Waals surface area contributed by atoms with E-state index in [0.717, 1.165) is 30.4 Å². The lowest BCUT2D eigenvalue weighted by Crippen LogP contribution is -2.50. The average molecular weight is 419 g/mol. The van der Waals surface area contributed by atoms with E-state index in [4.69, 9.17) is 4.74 Å². The highest BCUT2D eigenvalue weighted by Gasteiger charge is 2.30. The van der Waals surface area contributed by atoms with Crippen LogP contribution < -0.4 is 15.0 Å². The molecule has 24 heavy (non-hydrogen) atoms. The SMILES string of the molecule is CN(C(=O)CN1C(=O)COc2cc(Br)ccc21)C1CCNCC1.Cl. The molecule has 2 amide bonds. The van der Waals surface area contributed by atoms with Gasteiger partial charge in [0.25, 0.3) is 5.91 Å². The third-order valence-corrected chi connectivity index (χ3v) is 4.90. The molecule has 6 nitrogen and oxygen atoms in total. The summed E-state index contributed by atoms with van der Waals surface area (Å²) in [7, 11) is 1.83. The van der Waals surface area contributed by atoms with Crippen LogP contribution >= 0.6 is 28.3 Å². The van der Waals surface area contributed by atoms with Crippen molar-refractivity contribution in [2.75, 3.05) is 38.2 Å². The van der Waals surface area contributed by atoms with Crippen molar-refractivity contribution in [3.8, 4) is 5.75 Å². The molecular weight excluding hydrogens is 398 g/mol. The molecule has 0 spiro atoms. The van der Waals surface area contributed by atoms with Crippen LogP contribution in [0.4, 0.5) is 5.69 Å². The number of benzene rings is 1. The number of fused-ring (bicyclic) bond motifs is 1. The molecule has 1 saturated heterocycles. The van der Waals surface area contributed by atoms with Crippen molar-refractivity contribution in [3.63, 3.8) is 0 Å². The van der Waals surface area contributed by atoms with E-state index in [1.165, 1.54) is 4.90 Å². The first kappa shape index (κ1) is 19.0. The molecule has 0 atom stereocenters. The molecule has 2 aliphatic rings. The molecule has 2 aliphatic heterocycles. The smallest absolute Gasteiger partial charge is 0.265 e. The van der Waals surface area contributed by atoms with Crippen LogP contribution in [0.1, 0.15) is 12.8 Å². The van der Waals surface area contributed by atoms with Crippen LogP contribution in [-0.4, -0.2) is 56.0 Å². The number of rotatable bonds is 3. The minimum atomic E-state index is -0.188. The van der Waals surface area contributed by atoms with Crippen molar-refractivity contribution in [1.29, 1.82) is 0 Å². The third-order valence-electron chi connectivity index (χ3n) is 4.41. The number of halogens is 2. The summed E-state index contributed by atoms with van der Waals surface area (Å²) in [6.45, 7) is 1.87. The van der Waals surface area contributed by atoms with Crippen LogP contribution in [0.3, 0.4) is 0 Å². The lowest BCUT2D eigenvalue weighted by molar-refractivity contribution is -0.133. The predicted octanol–water partition coefficient (Wildman–Crippen LogP) is 1.81. The van der Waals surface area contributed by atoms with E-state index >= 15 is 0 Å². The molecule has 0 aromatic heterocycles.